The molecule has 116 valence electrons. The number of hydrogen-bond donors (Lipinski definition) is 1. The van der Waals surface area contributed by atoms with Gasteiger partial charge in [-0.1, -0.05) is 22.9 Å². The van der Waals surface area contributed by atoms with Crippen molar-refractivity contribution in [2.24, 2.45) is 5.92 Å². The minimum absolute atomic E-state index is 0.220. The first-order valence-corrected chi connectivity index (χ1v) is 8.30. The van der Waals surface area contributed by atoms with Gasteiger partial charge in [-0.3, -0.25) is 4.79 Å². The first kappa shape index (κ1) is 16.4. The number of amides is 1. The third-order valence-corrected chi connectivity index (χ3v) is 4.26. The summed E-state index contributed by atoms with van der Waals surface area (Å²) in [5.41, 5.74) is 0.355. The zero-order valence-corrected chi connectivity index (χ0v) is 14.0. The molecule has 1 saturated heterocycles. The lowest BCUT2D eigenvalue weighted by molar-refractivity contribution is 0.0949. The minimum atomic E-state index is -0.406. The lowest BCUT2D eigenvalue weighted by Crippen LogP contribution is -2.36. The smallest absolute Gasteiger partial charge is 0.251 e. The summed E-state index contributed by atoms with van der Waals surface area (Å²) < 4.78 is 13.8. The van der Waals surface area contributed by atoms with E-state index in [1.165, 1.54) is 25.0 Å². The molecule has 0 saturated carbocycles. The number of carbonyl (C=O) groups is 1. The summed E-state index contributed by atoms with van der Waals surface area (Å²) in [6, 6.07) is 4.23. The van der Waals surface area contributed by atoms with E-state index in [1.54, 1.807) is 6.07 Å². The summed E-state index contributed by atoms with van der Waals surface area (Å²) in [6.45, 7) is 6.24. The number of nitrogens with one attached hydrogen (secondary N) is 1. The SMILES string of the molecule is CC1CCCN(CCCNC(=O)c2cc(F)cc(Br)c2)C1. The van der Waals surface area contributed by atoms with Crippen LogP contribution in [0.25, 0.3) is 0 Å². The third kappa shape index (κ3) is 5.40. The molecule has 2 rings (SSSR count). The number of carbonyl (C=O) groups excluding carboxylic acids is 1. The molecular weight excluding hydrogens is 335 g/mol. The fraction of sp³-hybridized carbons (Fsp3) is 0.562. The van der Waals surface area contributed by atoms with Gasteiger partial charge < -0.3 is 10.2 Å². The van der Waals surface area contributed by atoms with Gasteiger partial charge in [0.25, 0.3) is 5.91 Å². The van der Waals surface area contributed by atoms with Crippen LogP contribution in [0.15, 0.2) is 22.7 Å². The maximum absolute atomic E-state index is 13.2. The molecule has 0 spiro atoms. The van der Waals surface area contributed by atoms with Crippen LogP contribution in [0, 0.1) is 11.7 Å². The molecule has 0 bridgehead atoms. The largest absolute Gasteiger partial charge is 0.352 e. The topological polar surface area (TPSA) is 32.3 Å². The molecule has 3 nitrogen and oxygen atoms in total. The highest BCUT2D eigenvalue weighted by Crippen LogP contribution is 2.16. The van der Waals surface area contributed by atoms with Gasteiger partial charge in [-0.2, -0.15) is 0 Å². The molecule has 1 fully saturated rings. The molecule has 0 radical (unpaired) electrons. The van der Waals surface area contributed by atoms with Crippen molar-refractivity contribution >= 4 is 21.8 Å². The van der Waals surface area contributed by atoms with Gasteiger partial charge in [-0.25, -0.2) is 4.39 Å². The van der Waals surface area contributed by atoms with E-state index in [2.05, 4.69) is 33.1 Å². The number of likely N-dealkylation sites (tertiary alicyclic amines) is 1. The van der Waals surface area contributed by atoms with E-state index >= 15 is 0 Å². The van der Waals surface area contributed by atoms with E-state index in [0.29, 0.717) is 16.6 Å². The Labute approximate surface area is 134 Å². The van der Waals surface area contributed by atoms with Crippen LogP contribution in [0.1, 0.15) is 36.5 Å². The molecular formula is C16H22BrFN2O. The Bertz CT molecular complexity index is 475. The quantitative estimate of drug-likeness (QED) is 0.819. The van der Waals surface area contributed by atoms with E-state index in [0.717, 1.165) is 32.0 Å². The molecule has 0 aromatic heterocycles. The monoisotopic (exact) mass is 356 g/mol. The van der Waals surface area contributed by atoms with E-state index < -0.39 is 5.82 Å². The first-order valence-electron chi connectivity index (χ1n) is 7.51. The Hall–Kier alpha value is -0.940. The molecule has 1 aromatic rings. The standard InChI is InChI=1S/C16H22BrFN2O/c1-12-4-2-6-20(11-12)7-3-5-19-16(21)13-8-14(17)10-15(18)9-13/h8-10,12H,2-7,11H2,1H3,(H,19,21). The molecule has 1 heterocycles. The Morgan fingerprint density at radius 2 is 2.29 bits per heavy atom. The van der Waals surface area contributed by atoms with Crippen molar-refractivity contribution in [1.82, 2.24) is 10.2 Å². The zero-order chi connectivity index (χ0) is 15.2. The molecule has 5 heteroatoms. The van der Waals surface area contributed by atoms with E-state index in [-0.39, 0.29) is 5.91 Å². The summed E-state index contributed by atoms with van der Waals surface area (Å²) in [5.74, 6) is 0.150. The second-order valence-electron chi connectivity index (χ2n) is 5.82. The Balaban J connectivity index is 1.71. The number of nitrogens with zero attached hydrogens (tertiary/aromatic N) is 1. The molecule has 1 atom stereocenters. The van der Waals surface area contributed by atoms with Gasteiger partial charge in [-0.15, -0.1) is 0 Å². The summed E-state index contributed by atoms with van der Waals surface area (Å²) in [6.07, 6.45) is 3.52. The number of benzene rings is 1. The lowest BCUT2D eigenvalue weighted by Gasteiger charge is -2.30. The van der Waals surface area contributed by atoms with Crippen molar-refractivity contribution in [3.63, 3.8) is 0 Å². The van der Waals surface area contributed by atoms with Gasteiger partial charge in [0.2, 0.25) is 0 Å². The fourth-order valence-corrected chi connectivity index (χ4v) is 3.25. The summed E-state index contributed by atoms with van der Waals surface area (Å²) >= 11 is 3.19. The maximum atomic E-state index is 13.2. The number of hydrogen-bond acceptors (Lipinski definition) is 2. The molecule has 1 aliphatic heterocycles. The molecule has 1 aromatic carbocycles. The highest BCUT2D eigenvalue weighted by atomic mass is 79.9. The number of piperidine rings is 1. The van der Waals surface area contributed by atoms with Crippen LogP contribution in [0.4, 0.5) is 4.39 Å². The molecule has 1 N–H and O–H groups in total. The summed E-state index contributed by atoms with van der Waals surface area (Å²) in [4.78, 5) is 14.4. The van der Waals surface area contributed by atoms with Gasteiger partial charge in [0.15, 0.2) is 0 Å². The lowest BCUT2D eigenvalue weighted by atomic mass is 10.0. The van der Waals surface area contributed by atoms with Crippen molar-refractivity contribution < 1.29 is 9.18 Å². The van der Waals surface area contributed by atoms with E-state index in [1.807, 2.05) is 0 Å². The van der Waals surface area contributed by atoms with Gasteiger partial charge in [0.1, 0.15) is 5.82 Å². The van der Waals surface area contributed by atoms with Crippen molar-refractivity contribution in [2.75, 3.05) is 26.2 Å². The average molecular weight is 357 g/mol. The zero-order valence-electron chi connectivity index (χ0n) is 12.4. The molecule has 21 heavy (non-hydrogen) atoms. The predicted octanol–water partition coefficient (Wildman–Crippen LogP) is 3.44. The van der Waals surface area contributed by atoms with Gasteiger partial charge in [0.05, 0.1) is 0 Å². The van der Waals surface area contributed by atoms with Crippen molar-refractivity contribution in [2.45, 2.75) is 26.2 Å². The van der Waals surface area contributed by atoms with Crippen LogP contribution in [-0.4, -0.2) is 37.0 Å². The molecule has 1 aliphatic rings. The Morgan fingerprint density at radius 3 is 3.00 bits per heavy atom. The van der Waals surface area contributed by atoms with Crippen molar-refractivity contribution in [3.05, 3.63) is 34.1 Å². The van der Waals surface area contributed by atoms with Crippen LogP contribution < -0.4 is 5.32 Å². The number of rotatable bonds is 5. The normalized spacial score (nSPS) is 19.5. The van der Waals surface area contributed by atoms with Crippen LogP contribution >= 0.6 is 15.9 Å². The second kappa shape index (κ2) is 7.90. The number of halogens is 2. The minimum Gasteiger partial charge on any atom is -0.352 e. The second-order valence-corrected chi connectivity index (χ2v) is 6.73. The summed E-state index contributed by atoms with van der Waals surface area (Å²) in [5, 5.41) is 2.85. The van der Waals surface area contributed by atoms with Crippen molar-refractivity contribution in [1.29, 1.82) is 0 Å². The van der Waals surface area contributed by atoms with E-state index in [9.17, 15) is 9.18 Å². The highest BCUT2D eigenvalue weighted by Gasteiger charge is 2.15. The van der Waals surface area contributed by atoms with Crippen LogP contribution in [0.3, 0.4) is 0 Å². The van der Waals surface area contributed by atoms with Crippen LogP contribution in [0.2, 0.25) is 0 Å². The average Bonchev–Trinajstić information content (AvgIpc) is 2.42. The van der Waals surface area contributed by atoms with Gasteiger partial charge >= 0.3 is 0 Å². The fourth-order valence-electron chi connectivity index (χ4n) is 2.78. The van der Waals surface area contributed by atoms with Crippen molar-refractivity contribution in [3.8, 4) is 0 Å². The molecule has 1 amide bonds. The first-order chi connectivity index (χ1) is 10.0. The highest BCUT2D eigenvalue weighted by molar-refractivity contribution is 9.10. The summed E-state index contributed by atoms with van der Waals surface area (Å²) in [7, 11) is 0. The Morgan fingerprint density at radius 1 is 1.48 bits per heavy atom. The van der Waals surface area contributed by atoms with E-state index in [4.69, 9.17) is 0 Å². The van der Waals surface area contributed by atoms with Gasteiger partial charge in [0, 0.05) is 23.1 Å². The molecule has 1 unspecified atom stereocenters. The Kier molecular flexibility index (Phi) is 6.18. The third-order valence-electron chi connectivity index (χ3n) is 3.80. The van der Waals surface area contributed by atoms with Crippen LogP contribution in [0.5, 0.6) is 0 Å². The molecule has 0 aliphatic carbocycles. The predicted molar refractivity (Wildman–Crippen MR) is 85.9 cm³/mol. The maximum Gasteiger partial charge on any atom is 0.251 e. The van der Waals surface area contributed by atoms with Crippen LogP contribution in [-0.2, 0) is 0 Å². The van der Waals surface area contributed by atoms with Gasteiger partial charge in [-0.05, 0) is 56.5 Å².